The fraction of sp³-hybridized carbons (Fsp3) is 0.211. The Morgan fingerprint density at radius 1 is 1.11 bits per heavy atom. The Bertz CT molecular complexity index is 896. The van der Waals surface area contributed by atoms with Crippen molar-refractivity contribution >= 4 is 17.7 Å². The molecule has 3 rings (SSSR count). The third-order valence-electron chi connectivity index (χ3n) is 3.78. The summed E-state index contributed by atoms with van der Waals surface area (Å²) in [5.41, 5.74) is 1.88. The number of nitrogens with zero attached hydrogens (tertiary/aromatic N) is 2. The Balaban J connectivity index is 1.49. The van der Waals surface area contributed by atoms with Crippen LogP contribution in [0, 0.1) is 0 Å². The highest BCUT2D eigenvalue weighted by atomic mass is 32.2. The van der Waals surface area contributed by atoms with Crippen LogP contribution in [0.3, 0.4) is 0 Å². The second-order valence-electron chi connectivity index (χ2n) is 5.61. The van der Waals surface area contributed by atoms with Gasteiger partial charge in [-0.05, 0) is 42.0 Å². The van der Waals surface area contributed by atoms with Crippen LogP contribution in [-0.4, -0.2) is 41.1 Å². The molecule has 0 fully saturated rings. The molecular formula is C19H20N4O3S. The zero-order valence-corrected chi connectivity index (χ0v) is 15.9. The van der Waals surface area contributed by atoms with Gasteiger partial charge in [-0.3, -0.25) is 9.89 Å². The summed E-state index contributed by atoms with van der Waals surface area (Å²) in [7, 11) is 3.24. The summed E-state index contributed by atoms with van der Waals surface area (Å²) < 4.78 is 10.3. The van der Waals surface area contributed by atoms with Crippen LogP contribution >= 0.6 is 11.8 Å². The second-order valence-corrected chi connectivity index (χ2v) is 6.55. The number of thioether (sulfide) groups is 1. The van der Waals surface area contributed by atoms with Gasteiger partial charge in [-0.25, -0.2) is 4.98 Å². The molecule has 0 aliphatic carbocycles. The summed E-state index contributed by atoms with van der Waals surface area (Å²) in [6.07, 6.45) is 0. The maximum absolute atomic E-state index is 12.0. The predicted octanol–water partition coefficient (Wildman–Crippen LogP) is 2.90. The highest BCUT2D eigenvalue weighted by molar-refractivity contribution is 7.99. The lowest BCUT2D eigenvalue weighted by Crippen LogP contribution is -2.24. The van der Waals surface area contributed by atoms with Crippen molar-refractivity contribution in [1.82, 2.24) is 20.5 Å². The summed E-state index contributed by atoms with van der Waals surface area (Å²) in [5, 5.41) is 10.4. The Morgan fingerprint density at radius 2 is 1.89 bits per heavy atom. The smallest absolute Gasteiger partial charge is 0.230 e. The standard InChI is InChI=1S/C19H20N4O3S/c1-25-15-8-6-14(7-9-15)18-21-19(23-22-18)27-12-17(24)20-11-13-4-3-5-16(10-13)26-2/h3-10H,11-12H2,1-2H3,(H,20,24)(H,21,22,23). The van der Waals surface area contributed by atoms with E-state index in [1.165, 1.54) is 11.8 Å². The van der Waals surface area contributed by atoms with Gasteiger partial charge < -0.3 is 14.8 Å². The first-order valence-electron chi connectivity index (χ1n) is 8.27. The molecule has 0 atom stereocenters. The molecule has 1 heterocycles. The minimum Gasteiger partial charge on any atom is -0.497 e. The number of nitrogens with one attached hydrogen (secondary N) is 2. The van der Waals surface area contributed by atoms with Crippen molar-refractivity contribution in [3.8, 4) is 22.9 Å². The molecule has 3 aromatic rings. The minimum absolute atomic E-state index is 0.0846. The number of hydrogen-bond acceptors (Lipinski definition) is 6. The van der Waals surface area contributed by atoms with Crippen LogP contribution < -0.4 is 14.8 Å². The molecule has 2 N–H and O–H groups in total. The number of carbonyl (C=O) groups excluding carboxylic acids is 1. The monoisotopic (exact) mass is 384 g/mol. The number of benzene rings is 2. The van der Waals surface area contributed by atoms with E-state index in [0.29, 0.717) is 17.5 Å². The summed E-state index contributed by atoms with van der Waals surface area (Å²) in [4.78, 5) is 16.5. The second kappa shape index (κ2) is 9.09. The van der Waals surface area contributed by atoms with Crippen molar-refractivity contribution in [3.05, 3.63) is 54.1 Å². The molecule has 1 aromatic heterocycles. The fourth-order valence-electron chi connectivity index (χ4n) is 2.35. The van der Waals surface area contributed by atoms with E-state index in [0.717, 1.165) is 22.6 Å². The zero-order valence-electron chi connectivity index (χ0n) is 15.1. The lowest BCUT2D eigenvalue weighted by atomic mass is 10.2. The highest BCUT2D eigenvalue weighted by Crippen LogP contribution is 2.21. The van der Waals surface area contributed by atoms with Crippen molar-refractivity contribution in [2.75, 3.05) is 20.0 Å². The van der Waals surface area contributed by atoms with Gasteiger partial charge in [0, 0.05) is 12.1 Å². The van der Waals surface area contributed by atoms with Gasteiger partial charge >= 0.3 is 0 Å². The van der Waals surface area contributed by atoms with Gasteiger partial charge in [0.25, 0.3) is 0 Å². The Labute approximate surface area is 161 Å². The van der Waals surface area contributed by atoms with E-state index in [1.54, 1.807) is 14.2 Å². The molecule has 0 saturated carbocycles. The molecule has 0 radical (unpaired) electrons. The highest BCUT2D eigenvalue weighted by Gasteiger charge is 2.09. The summed E-state index contributed by atoms with van der Waals surface area (Å²) in [6.45, 7) is 0.446. The molecule has 0 saturated heterocycles. The molecule has 2 aromatic carbocycles. The van der Waals surface area contributed by atoms with Crippen molar-refractivity contribution in [2.45, 2.75) is 11.7 Å². The number of carbonyl (C=O) groups is 1. The number of methoxy groups -OCH3 is 2. The van der Waals surface area contributed by atoms with Gasteiger partial charge in [-0.1, -0.05) is 23.9 Å². The van der Waals surface area contributed by atoms with Crippen LogP contribution in [0.25, 0.3) is 11.4 Å². The Morgan fingerprint density at radius 3 is 2.63 bits per heavy atom. The first-order chi connectivity index (χ1) is 13.2. The van der Waals surface area contributed by atoms with Crippen molar-refractivity contribution in [2.24, 2.45) is 0 Å². The summed E-state index contributed by atoms with van der Waals surface area (Å²) in [6, 6.07) is 15.1. The molecule has 140 valence electrons. The number of aromatic amines is 1. The van der Waals surface area contributed by atoms with E-state index in [-0.39, 0.29) is 11.7 Å². The third-order valence-corrected chi connectivity index (χ3v) is 4.63. The van der Waals surface area contributed by atoms with Crippen LogP contribution in [0.5, 0.6) is 11.5 Å². The largest absolute Gasteiger partial charge is 0.497 e. The molecular weight excluding hydrogens is 364 g/mol. The van der Waals surface area contributed by atoms with E-state index in [9.17, 15) is 4.79 Å². The maximum Gasteiger partial charge on any atom is 0.230 e. The van der Waals surface area contributed by atoms with Crippen LogP contribution in [0.2, 0.25) is 0 Å². The maximum atomic E-state index is 12.0. The normalized spacial score (nSPS) is 10.4. The van der Waals surface area contributed by atoms with Crippen molar-refractivity contribution in [1.29, 1.82) is 0 Å². The van der Waals surface area contributed by atoms with Gasteiger partial charge in [-0.15, -0.1) is 5.10 Å². The third kappa shape index (κ3) is 5.24. The topological polar surface area (TPSA) is 89.1 Å². The fourth-order valence-corrected chi connectivity index (χ4v) is 2.98. The quantitative estimate of drug-likeness (QED) is 0.581. The molecule has 1 amide bonds. The average Bonchev–Trinajstić information content (AvgIpc) is 3.20. The van der Waals surface area contributed by atoms with E-state index in [4.69, 9.17) is 9.47 Å². The van der Waals surface area contributed by atoms with Gasteiger partial charge in [0.15, 0.2) is 5.82 Å². The first-order valence-corrected chi connectivity index (χ1v) is 9.26. The number of aromatic nitrogens is 3. The van der Waals surface area contributed by atoms with Gasteiger partial charge in [-0.2, -0.15) is 0 Å². The molecule has 0 spiro atoms. The van der Waals surface area contributed by atoms with E-state index >= 15 is 0 Å². The number of hydrogen-bond donors (Lipinski definition) is 2. The van der Waals surface area contributed by atoms with Gasteiger partial charge in [0.05, 0.1) is 20.0 Å². The SMILES string of the molecule is COc1ccc(-c2nc(SCC(=O)NCc3cccc(OC)c3)n[nH]2)cc1. The number of ether oxygens (including phenoxy) is 2. The molecule has 0 unspecified atom stereocenters. The number of H-pyrrole nitrogens is 1. The number of amides is 1. The molecule has 0 aliphatic rings. The van der Waals surface area contributed by atoms with Gasteiger partial charge in [0.2, 0.25) is 11.1 Å². The summed E-state index contributed by atoms with van der Waals surface area (Å²) >= 11 is 1.28. The van der Waals surface area contributed by atoms with Gasteiger partial charge in [0.1, 0.15) is 11.5 Å². The predicted molar refractivity (Wildman–Crippen MR) is 104 cm³/mol. The van der Waals surface area contributed by atoms with Crippen LogP contribution in [0.15, 0.2) is 53.7 Å². The zero-order chi connectivity index (χ0) is 19.1. The molecule has 0 aliphatic heterocycles. The van der Waals surface area contributed by atoms with Crippen molar-refractivity contribution < 1.29 is 14.3 Å². The Hall–Kier alpha value is -3.00. The lowest BCUT2D eigenvalue weighted by molar-refractivity contribution is -0.118. The molecule has 27 heavy (non-hydrogen) atoms. The average molecular weight is 384 g/mol. The van der Waals surface area contributed by atoms with Crippen molar-refractivity contribution in [3.63, 3.8) is 0 Å². The van der Waals surface area contributed by atoms with Crippen LogP contribution in [-0.2, 0) is 11.3 Å². The van der Waals surface area contributed by atoms with E-state index < -0.39 is 0 Å². The molecule has 0 bridgehead atoms. The summed E-state index contributed by atoms with van der Waals surface area (Å²) in [5.74, 6) is 2.35. The Kier molecular flexibility index (Phi) is 6.32. The lowest BCUT2D eigenvalue weighted by Gasteiger charge is -2.06. The molecule has 7 nitrogen and oxygen atoms in total. The van der Waals surface area contributed by atoms with E-state index in [2.05, 4.69) is 20.5 Å². The van der Waals surface area contributed by atoms with E-state index in [1.807, 2.05) is 48.5 Å². The first kappa shape index (κ1) is 18.8. The van der Waals surface area contributed by atoms with Crippen LogP contribution in [0.1, 0.15) is 5.56 Å². The number of rotatable bonds is 8. The molecule has 8 heteroatoms. The van der Waals surface area contributed by atoms with Crippen LogP contribution in [0.4, 0.5) is 0 Å². The minimum atomic E-state index is -0.0846.